The average molecular weight is 294 g/mol. The van der Waals surface area contributed by atoms with Crippen molar-refractivity contribution in [2.75, 3.05) is 31.1 Å². The fraction of sp³-hybridized carbons (Fsp3) is 0.562. The molecule has 1 aromatic carbocycles. The Balaban J connectivity index is 2.19. The van der Waals surface area contributed by atoms with Crippen LogP contribution in [0.15, 0.2) is 18.2 Å². The summed E-state index contributed by atoms with van der Waals surface area (Å²) in [4.78, 5) is 14.3. The van der Waals surface area contributed by atoms with Crippen molar-refractivity contribution in [3.05, 3.63) is 29.6 Å². The number of carbonyl (C=O) groups excluding carboxylic acids is 1. The number of hydrogen-bond acceptors (Lipinski definition) is 4. The van der Waals surface area contributed by atoms with Crippen molar-refractivity contribution in [3.8, 4) is 0 Å². The molecule has 21 heavy (non-hydrogen) atoms. The number of benzene rings is 1. The van der Waals surface area contributed by atoms with E-state index in [2.05, 4.69) is 10.2 Å². The number of fused-ring (bicyclic) bond motifs is 1. The molecule has 0 saturated heterocycles. The highest BCUT2D eigenvalue weighted by Crippen LogP contribution is 2.30. The molecule has 0 fully saturated rings. The number of nitrogens with zero attached hydrogens (tertiary/aromatic N) is 1. The van der Waals surface area contributed by atoms with Crippen molar-refractivity contribution in [1.29, 1.82) is 0 Å². The number of esters is 1. The number of halogens is 1. The van der Waals surface area contributed by atoms with Gasteiger partial charge in [-0.2, -0.15) is 0 Å². The third-order valence-corrected chi connectivity index (χ3v) is 3.84. The van der Waals surface area contributed by atoms with E-state index in [0.29, 0.717) is 19.7 Å². The van der Waals surface area contributed by atoms with Crippen LogP contribution >= 0.6 is 0 Å². The number of hydrogen-bond donors (Lipinski definition) is 1. The molecule has 0 aliphatic carbocycles. The van der Waals surface area contributed by atoms with Gasteiger partial charge in [0, 0.05) is 18.8 Å². The summed E-state index contributed by atoms with van der Waals surface area (Å²) in [5, 5.41) is 3.21. The van der Waals surface area contributed by atoms with Crippen molar-refractivity contribution in [2.24, 2.45) is 0 Å². The van der Waals surface area contributed by atoms with E-state index in [0.717, 1.165) is 24.2 Å². The van der Waals surface area contributed by atoms with Gasteiger partial charge in [0.25, 0.3) is 0 Å². The Morgan fingerprint density at radius 1 is 1.48 bits per heavy atom. The van der Waals surface area contributed by atoms with E-state index in [-0.39, 0.29) is 11.8 Å². The van der Waals surface area contributed by atoms with Crippen LogP contribution in [0.2, 0.25) is 0 Å². The lowest BCUT2D eigenvalue weighted by molar-refractivity contribution is -0.150. The van der Waals surface area contributed by atoms with Crippen molar-refractivity contribution in [2.45, 2.75) is 32.7 Å². The van der Waals surface area contributed by atoms with Crippen molar-refractivity contribution < 1.29 is 13.9 Å². The molecule has 2 rings (SSSR count). The minimum absolute atomic E-state index is 0.248. The van der Waals surface area contributed by atoms with Crippen LogP contribution in [-0.2, 0) is 16.0 Å². The summed E-state index contributed by atoms with van der Waals surface area (Å²) < 4.78 is 18.6. The fourth-order valence-electron chi connectivity index (χ4n) is 2.84. The maximum atomic E-state index is 13.5. The molecule has 0 radical (unpaired) electrons. The molecule has 1 aliphatic rings. The third-order valence-electron chi connectivity index (χ3n) is 3.84. The molecular weight excluding hydrogens is 271 g/mol. The summed E-state index contributed by atoms with van der Waals surface area (Å²) in [7, 11) is 0. The highest BCUT2D eigenvalue weighted by Gasteiger charge is 2.37. The lowest BCUT2D eigenvalue weighted by Gasteiger charge is -2.33. The number of ether oxygens (including phenoxy) is 1. The van der Waals surface area contributed by atoms with Gasteiger partial charge in [0.1, 0.15) is 11.4 Å². The molecule has 1 aliphatic heterocycles. The molecule has 4 nitrogen and oxygen atoms in total. The quantitative estimate of drug-likeness (QED) is 0.816. The van der Waals surface area contributed by atoms with Crippen LogP contribution in [0.1, 0.15) is 26.3 Å². The Labute approximate surface area is 125 Å². The molecule has 0 spiro atoms. The van der Waals surface area contributed by atoms with Gasteiger partial charge in [-0.15, -0.1) is 0 Å². The van der Waals surface area contributed by atoms with Crippen LogP contribution in [0.25, 0.3) is 0 Å². The first kappa shape index (κ1) is 15.8. The Morgan fingerprint density at radius 3 is 2.90 bits per heavy atom. The molecule has 0 amide bonds. The van der Waals surface area contributed by atoms with Gasteiger partial charge in [-0.3, -0.25) is 0 Å². The van der Waals surface area contributed by atoms with Gasteiger partial charge in [-0.1, -0.05) is 13.0 Å². The molecule has 1 N–H and O–H groups in total. The normalized spacial score (nSPS) is 16.5. The monoisotopic (exact) mass is 294 g/mol. The van der Waals surface area contributed by atoms with Crippen LogP contribution in [0, 0.1) is 5.82 Å². The van der Waals surface area contributed by atoms with E-state index >= 15 is 0 Å². The molecule has 0 saturated carbocycles. The molecule has 1 unspecified atom stereocenters. The number of anilines is 1. The first-order chi connectivity index (χ1) is 10.00. The Morgan fingerprint density at radius 2 is 2.24 bits per heavy atom. The standard InChI is InChI=1S/C16H23FN2O2/c1-4-18-16(3,15(20)21-5-2)11-19-9-8-12-6-7-13(17)10-14(12)19/h6-7,10,18H,4-5,8-9,11H2,1-3H3. The molecule has 0 aromatic heterocycles. The molecule has 0 bridgehead atoms. The molecule has 116 valence electrons. The van der Waals surface area contributed by atoms with E-state index in [1.807, 2.05) is 19.9 Å². The van der Waals surface area contributed by atoms with Crippen LogP contribution in [0.3, 0.4) is 0 Å². The van der Waals surface area contributed by atoms with Crippen molar-refractivity contribution in [1.82, 2.24) is 5.32 Å². The van der Waals surface area contributed by atoms with E-state index in [4.69, 9.17) is 4.74 Å². The third kappa shape index (κ3) is 3.35. The second-order valence-corrected chi connectivity index (χ2v) is 5.53. The van der Waals surface area contributed by atoms with E-state index in [9.17, 15) is 9.18 Å². The fourth-order valence-corrected chi connectivity index (χ4v) is 2.84. The zero-order valence-electron chi connectivity index (χ0n) is 12.9. The predicted molar refractivity (Wildman–Crippen MR) is 81.0 cm³/mol. The lowest BCUT2D eigenvalue weighted by atomic mass is 10.0. The molecule has 5 heteroatoms. The van der Waals surface area contributed by atoms with E-state index in [1.54, 1.807) is 13.0 Å². The van der Waals surface area contributed by atoms with Gasteiger partial charge in [0.05, 0.1) is 6.61 Å². The van der Waals surface area contributed by atoms with Gasteiger partial charge in [-0.05, 0) is 44.5 Å². The van der Waals surface area contributed by atoms with Gasteiger partial charge >= 0.3 is 5.97 Å². The molecule has 1 aromatic rings. The van der Waals surface area contributed by atoms with Crippen LogP contribution in [0.5, 0.6) is 0 Å². The van der Waals surface area contributed by atoms with Gasteiger partial charge in [0.15, 0.2) is 0 Å². The number of rotatable bonds is 6. The minimum Gasteiger partial charge on any atom is -0.465 e. The van der Waals surface area contributed by atoms with Crippen LogP contribution < -0.4 is 10.2 Å². The van der Waals surface area contributed by atoms with Gasteiger partial charge < -0.3 is 15.0 Å². The second kappa shape index (κ2) is 6.43. The molecule has 1 heterocycles. The summed E-state index contributed by atoms with van der Waals surface area (Å²) in [5.74, 6) is -0.515. The summed E-state index contributed by atoms with van der Waals surface area (Å²) in [6, 6.07) is 4.84. The highest BCUT2D eigenvalue weighted by atomic mass is 19.1. The Kier molecular flexibility index (Phi) is 4.83. The van der Waals surface area contributed by atoms with Crippen LogP contribution in [0.4, 0.5) is 10.1 Å². The molecule has 1 atom stereocenters. The SMILES string of the molecule is CCNC(C)(CN1CCc2ccc(F)cc21)C(=O)OCC. The molecular formula is C16H23FN2O2. The first-order valence-electron chi connectivity index (χ1n) is 7.45. The number of nitrogens with one attached hydrogen (secondary N) is 1. The zero-order chi connectivity index (χ0) is 15.5. The smallest absolute Gasteiger partial charge is 0.327 e. The minimum atomic E-state index is -0.793. The first-order valence-corrected chi connectivity index (χ1v) is 7.45. The van der Waals surface area contributed by atoms with Crippen LogP contribution in [-0.4, -0.2) is 37.7 Å². The Bertz CT molecular complexity index is 521. The number of likely N-dealkylation sites (N-methyl/N-ethyl adjacent to an activating group) is 1. The highest BCUT2D eigenvalue weighted by molar-refractivity contribution is 5.81. The maximum absolute atomic E-state index is 13.5. The maximum Gasteiger partial charge on any atom is 0.327 e. The van der Waals surface area contributed by atoms with Crippen molar-refractivity contribution in [3.63, 3.8) is 0 Å². The van der Waals surface area contributed by atoms with Gasteiger partial charge in [0.2, 0.25) is 0 Å². The predicted octanol–water partition coefficient (Wildman–Crippen LogP) is 2.12. The van der Waals surface area contributed by atoms with E-state index < -0.39 is 5.54 Å². The van der Waals surface area contributed by atoms with E-state index in [1.165, 1.54) is 6.07 Å². The topological polar surface area (TPSA) is 41.6 Å². The summed E-state index contributed by atoms with van der Waals surface area (Å²) in [5.41, 5.74) is 1.21. The summed E-state index contributed by atoms with van der Waals surface area (Å²) in [6.07, 6.45) is 0.876. The second-order valence-electron chi connectivity index (χ2n) is 5.53. The average Bonchev–Trinajstić information content (AvgIpc) is 2.81. The summed E-state index contributed by atoms with van der Waals surface area (Å²) in [6.45, 7) is 7.87. The summed E-state index contributed by atoms with van der Waals surface area (Å²) >= 11 is 0. The largest absolute Gasteiger partial charge is 0.465 e. The zero-order valence-corrected chi connectivity index (χ0v) is 12.9. The van der Waals surface area contributed by atoms with Gasteiger partial charge in [-0.25, -0.2) is 9.18 Å². The lowest BCUT2D eigenvalue weighted by Crippen LogP contribution is -2.57. The Hall–Kier alpha value is -1.62. The van der Waals surface area contributed by atoms with Crippen molar-refractivity contribution >= 4 is 11.7 Å². The number of carbonyl (C=O) groups is 1.